The molecule has 0 radical (unpaired) electrons. The first kappa shape index (κ1) is 22.0. The van der Waals surface area contributed by atoms with Crippen LogP contribution in [0.25, 0.3) is 0 Å². The molecule has 1 atom stereocenters. The van der Waals surface area contributed by atoms with Crippen molar-refractivity contribution in [1.29, 1.82) is 0 Å². The van der Waals surface area contributed by atoms with Crippen molar-refractivity contribution in [1.82, 2.24) is 10.2 Å². The molecule has 0 unspecified atom stereocenters. The second kappa shape index (κ2) is 8.38. The summed E-state index contributed by atoms with van der Waals surface area (Å²) >= 11 is 0. The van der Waals surface area contributed by atoms with Crippen molar-refractivity contribution < 1.29 is 32.6 Å². The van der Waals surface area contributed by atoms with Crippen LogP contribution in [0.3, 0.4) is 0 Å². The minimum atomic E-state index is -4.63. The highest BCUT2D eigenvalue weighted by molar-refractivity contribution is 5.88. The van der Waals surface area contributed by atoms with E-state index in [1.54, 1.807) is 20.8 Å². The van der Waals surface area contributed by atoms with E-state index in [9.17, 15) is 22.8 Å². The summed E-state index contributed by atoms with van der Waals surface area (Å²) in [6.07, 6.45) is -4.41. The summed E-state index contributed by atoms with van der Waals surface area (Å²) in [6.45, 7) is 6.87. The Morgan fingerprint density at radius 2 is 1.96 bits per heavy atom. The number of nitrogens with one attached hydrogen (secondary N) is 1. The van der Waals surface area contributed by atoms with E-state index in [0.717, 1.165) is 6.42 Å². The van der Waals surface area contributed by atoms with Crippen LogP contribution in [0.15, 0.2) is 18.2 Å². The number of alkyl halides is 3. The Kier molecular flexibility index (Phi) is 6.59. The molecule has 0 aliphatic carbocycles. The number of nitrogens with zero attached hydrogens (tertiary/aromatic N) is 1. The van der Waals surface area contributed by atoms with Gasteiger partial charge in [0.1, 0.15) is 5.60 Å². The highest BCUT2D eigenvalue weighted by Gasteiger charge is 2.35. The van der Waals surface area contributed by atoms with Crippen molar-refractivity contribution in [3.63, 3.8) is 0 Å². The first-order chi connectivity index (χ1) is 12.8. The largest absolute Gasteiger partial charge is 0.478 e. The normalized spacial score (nSPS) is 18.1. The van der Waals surface area contributed by atoms with Gasteiger partial charge >= 0.3 is 18.2 Å². The molecule has 1 aliphatic heterocycles. The number of aromatic carboxylic acids is 1. The highest BCUT2D eigenvalue weighted by Crippen LogP contribution is 2.34. The van der Waals surface area contributed by atoms with Crippen molar-refractivity contribution in [3.05, 3.63) is 34.9 Å². The number of hydrogen-bond acceptors (Lipinski definition) is 4. The summed E-state index contributed by atoms with van der Waals surface area (Å²) in [6, 6.07) is 3.08. The SMILES string of the molecule is CC(C)(C)OC(=O)NC[C@H]1CCN(Cc2ccc(C(=O)O)cc2C(F)(F)F)C1. The number of carboxylic acids is 1. The molecule has 2 N–H and O–H groups in total. The Bertz CT molecular complexity index is 729. The molecule has 1 saturated heterocycles. The maximum Gasteiger partial charge on any atom is 0.416 e. The van der Waals surface area contributed by atoms with Gasteiger partial charge in [-0.1, -0.05) is 6.07 Å². The van der Waals surface area contributed by atoms with Crippen LogP contribution in [0.1, 0.15) is 48.7 Å². The van der Waals surface area contributed by atoms with Gasteiger partial charge in [-0.05, 0) is 57.4 Å². The lowest BCUT2D eigenvalue weighted by Gasteiger charge is -2.21. The molecule has 156 valence electrons. The molecule has 2 rings (SSSR count). The highest BCUT2D eigenvalue weighted by atomic mass is 19.4. The van der Waals surface area contributed by atoms with E-state index in [4.69, 9.17) is 9.84 Å². The van der Waals surface area contributed by atoms with Crippen molar-refractivity contribution in [3.8, 4) is 0 Å². The van der Waals surface area contributed by atoms with Crippen LogP contribution < -0.4 is 5.32 Å². The molecule has 1 aliphatic rings. The molecule has 1 aromatic carbocycles. The van der Waals surface area contributed by atoms with Crippen LogP contribution >= 0.6 is 0 Å². The average molecular weight is 402 g/mol. The van der Waals surface area contributed by atoms with E-state index < -0.39 is 35.0 Å². The maximum absolute atomic E-state index is 13.3. The van der Waals surface area contributed by atoms with Crippen LogP contribution in [-0.2, 0) is 17.5 Å². The van der Waals surface area contributed by atoms with Gasteiger partial charge in [-0.3, -0.25) is 4.90 Å². The summed E-state index contributed by atoms with van der Waals surface area (Å²) in [5.41, 5.74) is -1.88. The number of hydrogen-bond donors (Lipinski definition) is 2. The number of carboxylic acid groups (broad SMARTS) is 1. The first-order valence-corrected chi connectivity index (χ1v) is 8.98. The topological polar surface area (TPSA) is 78.9 Å². The van der Waals surface area contributed by atoms with Crippen molar-refractivity contribution in [2.24, 2.45) is 5.92 Å². The van der Waals surface area contributed by atoms with Gasteiger partial charge in [0.2, 0.25) is 0 Å². The second-order valence-electron chi connectivity index (χ2n) is 7.95. The Morgan fingerprint density at radius 1 is 1.29 bits per heavy atom. The van der Waals surface area contributed by atoms with Crippen LogP contribution in [0, 0.1) is 5.92 Å². The standard InChI is InChI=1S/C19H25F3N2O4/c1-18(2,3)28-17(27)23-9-12-6-7-24(10-12)11-14-5-4-13(16(25)26)8-15(14)19(20,21)22/h4-5,8,12H,6-7,9-11H2,1-3H3,(H,23,27)(H,25,26)/t12-/m1/s1. The number of alkyl carbamates (subject to hydrolysis) is 1. The third-order valence-electron chi connectivity index (χ3n) is 4.36. The number of rotatable bonds is 5. The van der Waals surface area contributed by atoms with Crippen LogP contribution in [0.2, 0.25) is 0 Å². The fourth-order valence-corrected chi connectivity index (χ4v) is 3.12. The van der Waals surface area contributed by atoms with E-state index in [-0.39, 0.29) is 18.0 Å². The number of carbonyl (C=O) groups is 2. The van der Waals surface area contributed by atoms with Gasteiger partial charge in [0.25, 0.3) is 0 Å². The number of likely N-dealkylation sites (tertiary alicyclic amines) is 1. The molecular weight excluding hydrogens is 377 g/mol. The lowest BCUT2D eigenvalue weighted by atomic mass is 10.0. The number of carbonyl (C=O) groups excluding carboxylic acids is 1. The zero-order chi connectivity index (χ0) is 21.1. The molecule has 1 fully saturated rings. The molecule has 6 nitrogen and oxygen atoms in total. The fraction of sp³-hybridized carbons (Fsp3) is 0.579. The third kappa shape index (κ3) is 6.40. The summed E-state index contributed by atoms with van der Waals surface area (Å²) in [5, 5.41) is 11.6. The zero-order valence-corrected chi connectivity index (χ0v) is 16.1. The van der Waals surface area contributed by atoms with Crippen LogP contribution in [-0.4, -0.2) is 47.3 Å². The molecule has 0 bridgehead atoms. The summed E-state index contributed by atoms with van der Waals surface area (Å²) in [7, 11) is 0. The van der Waals surface area contributed by atoms with Gasteiger partial charge < -0.3 is 15.2 Å². The third-order valence-corrected chi connectivity index (χ3v) is 4.36. The Balaban J connectivity index is 1.96. The summed E-state index contributed by atoms with van der Waals surface area (Å²) < 4.78 is 45.1. The minimum Gasteiger partial charge on any atom is -0.478 e. The molecular formula is C19H25F3N2O4. The molecule has 28 heavy (non-hydrogen) atoms. The van der Waals surface area contributed by atoms with Crippen molar-refractivity contribution >= 4 is 12.1 Å². The van der Waals surface area contributed by atoms with E-state index in [1.165, 1.54) is 12.1 Å². The van der Waals surface area contributed by atoms with Gasteiger partial charge in [0.15, 0.2) is 0 Å². The zero-order valence-electron chi connectivity index (χ0n) is 16.1. The number of halogens is 3. The van der Waals surface area contributed by atoms with Crippen LogP contribution in [0.4, 0.5) is 18.0 Å². The Labute approximate surface area is 161 Å². The molecule has 0 spiro atoms. The molecule has 0 saturated carbocycles. The van der Waals surface area contributed by atoms with E-state index in [2.05, 4.69) is 5.32 Å². The van der Waals surface area contributed by atoms with Gasteiger partial charge in [-0.15, -0.1) is 0 Å². The predicted octanol–water partition coefficient (Wildman–Crippen LogP) is 3.75. The second-order valence-corrected chi connectivity index (χ2v) is 7.95. The number of ether oxygens (including phenoxy) is 1. The Morgan fingerprint density at radius 3 is 2.54 bits per heavy atom. The quantitative estimate of drug-likeness (QED) is 0.784. The molecule has 0 aromatic heterocycles. The fourth-order valence-electron chi connectivity index (χ4n) is 3.12. The molecule has 1 amide bonds. The summed E-state index contributed by atoms with van der Waals surface area (Å²) in [5.74, 6) is -1.29. The summed E-state index contributed by atoms with van der Waals surface area (Å²) in [4.78, 5) is 24.5. The Hall–Kier alpha value is -2.29. The number of amides is 1. The first-order valence-electron chi connectivity index (χ1n) is 8.98. The lowest BCUT2D eigenvalue weighted by molar-refractivity contribution is -0.138. The smallest absolute Gasteiger partial charge is 0.416 e. The molecule has 9 heteroatoms. The minimum absolute atomic E-state index is 0.0400. The molecule has 1 heterocycles. The van der Waals surface area contributed by atoms with E-state index in [1.807, 2.05) is 4.90 Å². The van der Waals surface area contributed by atoms with E-state index >= 15 is 0 Å². The van der Waals surface area contributed by atoms with Gasteiger partial charge in [-0.25, -0.2) is 9.59 Å². The predicted molar refractivity (Wildman–Crippen MR) is 96.0 cm³/mol. The maximum atomic E-state index is 13.3. The van der Waals surface area contributed by atoms with Gasteiger partial charge in [0, 0.05) is 19.6 Å². The van der Waals surface area contributed by atoms with Crippen molar-refractivity contribution in [2.45, 2.75) is 45.5 Å². The number of benzene rings is 1. The van der Waals surface area contributed by atoms with Crippen LogP contribution in [0.5, 0.6) is 0 Å². The van der Waals surface area contributed by atoms with Gasteiger partial charge in [0.05, 0.1) is 11.1 Å². The van der Waals surface area contributed by atoms with Crippen molar-refractivity contribution in [2.75, 3.05) is 19.6 Å². The molecule has 1 aromatic rings. The average Bonchev–Trinajstić information content (AvgIpc) is 2.98. The van der Waals surface area contributed by atoms with E-state index in [0.29, 0.717) is 25.7 Å². The monoisotopic (exact) mass is 402 g/mol. The van der Waals surface area contributed by atoms with Gasteiger partial charge in [-0.2, -0.15) is 13.2 Å². The lowest BCUT2D eigenvalue weighted by Crippen LogP contribution is -2.36.